The van der Waals surface area contributed by atoms with Gasteiger partial charge in [0.1, 0.15) is 12.4 Å². The Morgan fingerprint density at radius 1 is 0.794 bits per heavy atom. The minimum atomic E-state index is -3.82. The van der Waals surface area contributed by atoms with Crippen molar-refractivity contribution in [3.05, 3.63) is 120 Å². The molecule has 4 rings (SSSR count). The maximum atomic E-state index is 13.0. The van der Waals surface area contributed by atoms with Gasteiger partial charge in [0.05, 0.1) is 16.1 Å². The van der Waals surface area contributed by atoms with Crippen LogP contribution in [-0.2, 0) is 16.6 Å². The van der Waals surface area contributed by atoms with Gasteiger partial charge in [0.25, 0.3) is 15.9 Å². The molecular formula is C27H24N2O4S. The first-order chi connectivity index (χ1) is 16.4. The molecule has 7 heteroatoms. The fourth-order valence-electron chi connectivity index (χ4n) is 3.39. The molecule has 0 bridgehead atoms. The van der Waals surface area contributed by atoms with Crippen LogP contribution < -0.4 is 14.4 Å². The van der Waals surface area contributed by atoms with Crippen LogP contribution in [0.3, 0.4) is 0 Å². The Labute approximate surface area is 199 Å². The third-order valence-electron chi connectivity index (χ3n) is 5.25. The van der Waals surface area contributed by atoms with Gasteiger partial charge >= 0.3 is 0 Å². The molecule has 0 spiro atoms. The average molecular weight is 473 g/mol. The van der Waals surface area contributed by atoms with E-state index in [2.05, 4.69) is 5.32 Å². The number of sulfonamides is 1. The summed E-state index contributed by atoms with van der Waals surface area (Å²) in [6.45, 7) is 0.447. The Kier molecular flexibility index (Phi) is 6.94. The van der Waals surface area contributed by atoms with E-state index in [0.717, 1.165) is 9.87 Å². The highest BCUT2D eigenvalue weighted by atomic mass is 32.2. The molecule has 0 saturated carbocycles. The van der Waals surface area contributed by atoms with E-state index < -0.39 is 15.9 Å². The van der Waals surface area contributed by atoms with Gasteiger partial charge in [-0.1, -0.05) is 60.7 Å². The molecule has 6 nitrogen and oxygen atoms in total. The maximum Gasteiger partial charge on any atom is 0.264 e. The van der Waals surface area contributed by atoms with Crippen molar-refractivity contribution in [1.82, 2.24) is 0 Å². The Morgan fingerprint density at radius 3 is 2.06 bits per heavy atom. The lowest BCUT2D eigenvalue weighted by Gasteiger charge is -2.22. The summed E-state index contributed by atoms with van der Waals surface area (Å²) in [5, 5.41) is 2.83. The van der Waals surface area contributed by atoms with Crippen LogP contribution in [0.5, 0.6) is 5.75 Å². The van der Waals surface area contributed by atoms with Crippen molar-refractivity contribution >= 4 is 27.3 Å². The number of nitrogens with zero attached hydrogens (tertiary/aromatic N) is 1. The van der Waals surface area contributed by atoms with E-state index in [1.165, 1.54) is 19.2 Å². The van der Waals surface area contributed by atoms with E-state index >= 15 is 0 Å². The molecule has 34 heavy (non-hydrogen) atoms. The van der Waals surface area contributed by atoms with Crippen molar-refractivity contribution in [1.29, 1.82) is 0 Å². The van der Waals surface area contributed by atoms with Crippen LogP contribution in [0.25, 0.3) is 0 Å². The van der Waals surface area contributed by atoms with E-state index in [1.54, 1.807) is 66.7 Å². The molecule has 0 heterocycles. The number of rotatable bonds is 8. The number of carbonyl (C=O) groups excluding carboxylic acids is 1. The van der Waals surface area contributed by atoms with Gasteiger partial charge in [-0.25, -0.2) is 8.42 Å². The number of benzene rings is 4. The first-order valence-corrected chi connectivity index (χ1v) is 12.1. The fraction of sp³-hybridized carbons (Fsp3) is 0.0741. The largest absolute Gasteiger partial charge is 0.489 e. The lowest BCUT2D eigenvalue weighted by atomic mass is 10.1. The number of ether oxygens (including phenoxy) is 1. The second-order valence-corrected chi connectivity index (χ2v) is 9.52. The zero-order valence-electron chi connectivity index (χ0n) is 18.6. The second-order valence-electron chi connectivity index (χ2n) is 7.56. The second kappa shape index (κ2) is 10.2. The molecule has 0 fully saturated rings. The summed E-state index contributed by atoms with van der Waals surface area (Å²) < 4.78 is 33.0. The molecule has 0 aliphatic rings. The number of carbonyl (C=O) groups is 1. The summed E-state index contributed by atoms with van der Waals surface area (Å²) in [4.78, 5) is 13.2. The minimum Gasteiger partial charge on any atom is -0.489 e. The van der Waals surface area contributed by atoms with Gasteiger partial charge in [-0.2, -0.15) is 0 Å². The molecule has 0 unspecified atom stereocenters. The maximum absolute atomic E-state index is 13.0. The molecule has 0 atom stereocenters. The molecule has 1 amide bonds. The third-order valence-corrected chi connectivity index (χ3v) is 7.04. The Hall–Kier alpha value is -4.10. The first-order valence-electron chi connectivity index (χ1n) is 10.7. The lowest BCUT2D eigenvalue weighted by molar-refractivity contribution is 0.102. The average Bonchev–Trinajstić information content (AvgIpc) is 2.89. The molecular weight excluding hydrogens is 448 g/mol. The summed E-state index contributed by atoms with van der Waals surface area (Å²) >= 11 is 0. The van der Waals surface area contributed by atoms with E-state index in [4.69, 9.17) is 4.74 Å². The number of anilines is 2. The number of hydrogen-bond donors (Lipinski definition) is 1. The highest BCUT2D eigenvalue weighted by Gasteiger charge is 2.24. The summed E-state index contributed by atoms with van der Waals surface area (Å²) in [5.74, 6) is 0.264. The molecule has 0 saturated heterocycles. The Morgan fingerprint density at radius 2 is 1.38 bits per heavy atom. The van der Waals surface area contributed by atoms with Gasteiger partial charge in [-0.15, -0.1) is 0 Å². The van der Waals surface area contributed by atoms with Crippen molar-refractivity contribution < 1.29 is 17.9 Å². The van der Waals surface area contributed by atoms with Gasteiger partial charge in [0.2, 0.25) is 0 Å². The molecule has 0 aromatic heterocycles. The number of para-hydroxylation sites is 1. The number of amides is 1. The zero-order valence-corrected chi connectivity index (χ0v) is 19.4. The van der Waals surface area contributed by atoms with Crippen molar-refractivity contribution in [2.24, 2.45) is 0 Å². The van der Waals surface area contributed by atoms with E-state index in [0.29, 0.717) is 18.0 Å². The molecule has 0 radical (unpaired) electrons. The number of nitrogens with one attached hydrogen (secondary N) is 1. The van der Waals surface area contributed by atoms with Crippen LogP contribution in [-0.4, -0.2) is 21.4 Å². The van der Waals surface area contributed by atoms with Crippen LogP contribution in [0.15, 0.2) is 114 Å². The topological polar surface area (TPSA) is 75.7 Å². The molecule has 172 valence electrons. The minimum absolute atomic E-state index is 0.152. The third kappa shape index (κ3) is 5.27. The summed E-state index contributed by atoms with van der Waals surface area (Å²) in [6, 6.07) is 31.6. The lowest BCUT2D eigenvalue weighted by Crippen LogP contribution is -2.29. The van der Waals surface area contributed by atoms with Gasteiger partial charge < -0.3 is 10.1 Å². The Bertz CT molecular complexity index is 1360. The Balaban J connectivity index is 1.48. The molecule has 4 aromatic rings. The standard InChI is InChI=1S/C27H24N2O4S/c1-29(34(31,32)24-12-6-3-7-13-24)26-15-9-8-14-25(26)27(30)28-22-16-18-23(19-17-22)33-20-21-10-4-2-5-11-21/h2-19H,20H2,1H3,(H,28,30). The molecule has 0 aliphatic carbocycles. The summed E-state index contributed by atoms with van der Waals surface area (Å²) in [7, 11) is -2.38. The van der Waals surface area contributed by atoms with Crippen molar-refractivity contribution in [2.75, 3.05) is 16.7 Å². The first kappa shape index (κ1) is 23.1. The predicted octanol–water partition coefficient (Wildman–Crippen LogP) is 5.34. The smallest absolute Gasteiger partial charge is 0.264 e. The summed E-state index contributed by atoms with van der Waals surface area (Å²) in [5.41, 5.74) is 2.16. The van der Waals surface area contributed by atoms with Crippen LogP contribution in [0, 0.1) is 0 Å². The van der Waals surface area contributed by atoms with Gasteiger partial charge in [0, 0.05) is 12.7 Å². The SMILES string of the molecule is CN(c1ccccc1C(=O)Nc1ccc(OCc2ccccc2)cc1)S(=O)(=O)c1ccccc1. The highest BCUT2D eigenvalue weighted by molar-refractivity contribution is 7.92. The van der Waals surface area contributed by atoms with Crippen LogP contribution in [0.1, 0.15) is 15.9 Å². The van der Waals surface area contributed by atoms with E-state index in [9.17, 15) is 13.2 Å². The molecule has 0 aliphatic heterocycles. The van der Waals surface area contributed by atoms with E-state index in [1.807, 2.05) is 30.3 Å². The van der Waals surface area contributed by atoms with Crippen molar-refractivity contribution in [3.8, 4) is 5.75 Å². The quantitative estimate of drug-likeness (QED) is 0.375. The molecule has 4 aromatic carbocycles. The predicted molar refractivity (Wildman–Crippen MR) is 134 cm³/mol. The zero-order chi connectivity index (χ0) is 24.0. The monoisotopic (exact) mass is 472 g/mol. The van der Waals surface area contributed by atoms with Gasteiger partial charge in [-0.3, -0.25) is 9.10 Å². The van der Waals surface area contributed by atoms with Crippen LogP contribution >= 0.6 is 0 Å². The van der Waals surface area contributed by atoms with Gasteiger partial charge in [0.15, 0.2) is 0 Å². The fourth-order valence-corrected chi connectivity index (χ4v) is 4.63. The number of hydrogen-bond acceptors (Lipinski definition) is 4. The van der Waals surface area contributed by atoms with Gasteiger partial charge in [-0.05, 0) is 54.1 Å². The van der Waals surface area contributed by atoms with Crippen LogP contribution in [0.2, 0.25) is 0 Å². The van der Waals surface area contributed by atoms with Crippen molar-refractivity contribution in [2.45, 2.75) is 11.5 Å². The molecule has 1 N–H and O–H groups in total. The van der Waals surface area contributed by atoms with Crippen LogP contribution in [0.4, 0.5) is 11.4 Å². The highest BCUT2D eigenvalue weighted by Crippen LogP contribution is 2.27. The van der Waals surface area contributed by atoms with E-state index in [-0.39, 0.29) is 16.1 Å². The van der Waals surface area contributed by atoms with Crippen molar-refractivity contribution in [3.63, 3.8) is 0 Å². The summed E-state index contributed by atoms with van der Waals surface area (Å²) in [6.07, 6.45) is 0. The normalized spacial score (nSPS) is 11.0.